The van der Waals surface area contributed by atoms with E-state index < -0.39 is 35.0 Å². The molecular weight excluding hydrogens is 472 g/mol. The number of hydrogen-bond donors (Lipinski definition) is 2. The van der Waals surface area contributed by atoms with Gasteiger partial charge < -0.3 is 24.7 Å². The highest BCUT2D eigenvalue weighted by Crippen LogP contribution is 2.63. The molecule has 3 aliphatic rings. The van der Waals surface area contributed by atoms with Crippen LogP contribution >= 0.6 is 11.6 Å². The van der Waals surface area contributed by atoms with Crippen molar-refractivity contribution in [2.45, 2.75) is 62.7 Å². The number of nitrogens with zero attached hydrogens (tertiary/aromatic N) is 2. The van der Waals surface area contributed by atoms with Gasteiger partial charge in [-0.1, -0.05) is 42.7 Å². The van der Waals surface area contributed by atoms with Gasteiger partial charge in [0.15, 0.2) is 0 Å². The Kier molecular flexibility index (Phi) is 7.27. The van der Waals surface area contributed by atoms with Crippen molar-refractivity contribution in [3.05, 3.63) is 41.9 Å². The minimum atomic E-state index is -1.20. The number of aliphatic hydroxyl groups is 1. The number of benzene rings is 1. The molecule has 2 bridgehead atoms. The number of carboxylic acids is 1. The fourth-order valence-electron chi connectivity index (χ4n) is 6.32. The van der Waals surface area contributed by atoms with Crippen molar-refractivity contribution in [3.63, 3.8) is 0 Å². The number of rotatable bonds is 11. The summed E-state index contributed by atoms with van der Waals surface area (Å²) in [5.74, 6) is -3.68. The highest BCUT2D eigenvalue weighted by atomic mass is 35.5. The predicted molar refractivity (Wildman–Crippen MR) is 131 cm³/mol. The first-order valence-corrected chi connectivity index (χ1v) is 12.6. The van der Waals surface area contributed by atoms with Crippen molar-refractivity contribution < 1.29 is 29.3 Å². The highest BCUT2D eigenvalue weighted by molar-refractivity contribution is 6.34. The van der Waals surface area contributed by atoms with Crippen LogP contribution in [0.2, 0.25) is 5.02 Å². The van der Waals surface area contributed by atoms with Crippen LogP contribution in [0.4, 0.5) is 5.69 Å². The summed E-state index contributed by atoms with van der Waals surface area (Å²) in [5, 5.41) is 19.5. The van der Waals surface area contributed by atoms with Gasteiger partial charge in [-0.2, -0.15) is 0 Å². The maximum Gasteiger partial charge on any atom is 0.310 e. The molecule has 35 heavy (non-hydrogen) atoms. The molecular formula is C26H33ClN2O6. The zero-order valence-electron chi connectivity index (χ0n) is 20.0. The lowest BCUT2D eigenvalue weighted by molar-refractivity contribution is -0.154. The molecule has 4 rings (SSSR count). The first kappa shape index (κ1) is 25.7. The Balaban J connectivity index is 1.74. The Labute approximate surface area is 210 Å². The van der Waals surface area contributed by atoms with Gasteiger partial charge in [0, 0.05) is 19.7 Å². The number of aliphatic carboxylic acids is 1. The van der Waals surface area contributed by atoms with E-state index in [1.165, 1.54) is 4.90 Å². The molecule has 3 saturated heterocycles. The lowest BCUT2D eigenvalue weighted by atomic mass is 9.66. The topological polar surface area (TPSA) is 107 Å². The van der Waals surface area contributed by atoms with Gasteiger partial charge in [0.2, 0.25) is 5.91 Å². The normalized spacial score (nSPS) is 31.0. The number of ether oxygens (including phenoxy) is 1. The smallest absolute Gasteiger partial charge is 0.310 e. The van der Waals surface area contributed by atoms with Crippen LogP contribution < -0.4 is 4.90 Å². The van der Waals surface area contributed by atoms with Crippen LogP contribution in [-0.2, 0) is 19.1 Å². The van der Waals surface area contributed by atoms with Crippen LogP contribution in [0.25, 0.3) is 0 Å². The van der Waals surface area contributed by atoms with E-state index in [1.807, 2.05) is 0 Å². The van der Waals surface area contributed by atoms with Gasteiger partial charge in [-0.15, -0.1) is 6.58 Å². The predicted octanol–water partition coefficient (Wildman–Crippen LogP) is 3.26. The number of likely N-dealkylation sites (tertiary alicyclic amines) is 1. The summed E-state index contributed by atoms with van der Waals surface area (Å²) in [6, 6.07) is 6.03. The molecule has 0 aliphatic carbocycles. The molecule has 3 fully saturated rings. The number of aliphatic hydroxyl groups excluding tert-OH is 1. The first-order valence-electron chi connectivity index (χ1n) is 12.2. The molecule has 190 valence electrons. The summed E-state index contributed by atoms with van der Waals surface area (Å²) in [6.07, 6.45) is 5.40. The van der Waals surface area contributed by atoms with Gasteiger partial charge in [-0.25, -0.2) is 0 Å². The largest absolute Gasteiger partial charge is 0.481 e. The zero-order chi connectivity index (χ0) is 25.4. The number of para-hydroxylation sites is 1. The number of unbranched alkanes of at least 4 members (excludes halogenated alkanes) is 3. The molecule has 8 nitrogen and oxygen atoms in total. The number of carbonyl (C=O) groups is 3. The van der Waals surface area contributed by atoms with Gasteiger partial charge in [-0.3, -0.25) is 14.4 Å². The average molecular weight is 505 g/mol. The van der Waals surface area contributed by atoms with Crippen molar-refractivity contribution in [2.24, 2.45) is 11.8 Å². The molecule has 0 saturated carbocycles. The Morgan fingerprint density at radius 2 is 1.97 bits per heavy atom. The maximum absolute atomic E-state index is 14.3. The van der Waals surface area contributed by atoms with Crippen LogP contribution in [0.1, 0.15) is 45.4 Å². The third-order valence-corrected chi connectivity index (χ3v) is 8.12. The third kappa shape index (κ3) is 4.15. The van der Waals surface area contributed by atoms with E-state index in [9.17, 15) is 19.5 Å². The molecule has 0 radical (unpaired) electrons. The zero-order valence-corrected chi connectivity index (χ0v) is 20.7. The van der Waals surface area contributed by atoms with E-state index in [0.29, 0.717) is 42.9 Å². The quantitative estimate of drug-likeness (QED) is 0.354. The van der Waals surface area contributed by atoms with Crippen molar-refractivity contribution >= 4 is 35.1 Å². The van der Waals surface area contributed by atoms with Crippen molar-refractivity contribution in [1.29, 1.82) is 0 Å². The lowest BCUT2D eigenvalue weighted by Gasteiger charge is -2.37. The summed E-state index contributed by atoms with van der Waals surface area (Å²) in [4.78, 5) is 43.4. The van der Waals surface area contributed by atoms with Gasteiger partial charge in [-0.05, 0) is 44.7 Å². The van der Waals surface area contributed by atoms with Crippen LogP contribution in [0.15, 0.2) is 36.9 Å². The second-order valence-electron chi connectivity index (χ2n) is 9.92. The van der Waals surface area contributed by atoms with E-state index in [1.54, 1.807) is 42.2 Å². The molecule has 1 aromatic carbocycles. The fraction of sp³-hybridized carbons (Fsp3) is 0.577. The van der Waals surface area contributed by atoms with Crippen LogP contribution in [0, 0.1) is 11.8 Å². The molecule has 3 heterocycles. The molecule has 0 aromatic heterocycles. The second kappa shape index (κ2) is 9.91. The molecule has 1 spiro atoms. The second-order valence-corrected chi connectivity index (χ2v) is 10.3. The number of anilines is 1. The van der Waals surface area contributed by atoms with Crippen molar-refractivity contribution in [2.75, 3.05) is 24.6 Å². The molecule has 3 aliphatic heterocycles. The van der Waals surface area contributed by atoms with Gasteiger partial charge in [0.05, 0.1) is 28.1 Å². The number of amides is 2. The molecule has 9 heteroatoms. The molecule has 2 unspecified atom stereocenters. The number of carbonyl (C=O) groups excluding carboxylic acids is 2. The van der Waals surface area contributed by atoms with E-state index in [0.717, 1.165) is 12.8 Å². The monoisotopic (exact) mass is 504 g/mol. The number of hydrogen-bond acceptors (Lipinski definition) is 5. The summed E-state index contributed by atoms with van der Waals surface area (Å²) in [6.45, 7) is 6.13. The number of fused-ring (bicyclic) bond motifs is 1. The van der Waals surface area contributed by atoms with Gasteiger partial charge >= 0.3 is 5.97 Å². The number of halogens is 1. The SMILES string of the molecule is C=CCN(C(=O)C1N(CCCCCCO)C(=O)[C@@H]2[C@@H](C(=O)O)[C@@]3(C)CCC12O3)c1ccccc1Cl. The van der Waals surface area contributed by atoms with Gasteiger partial charge in [0.25, 0.3) is 5.91 Å². The van der Waals surface area contributed by atoms with Crippen LogP contribution in [-0.4, -0.2) is 69.8 Å². The highest BCUT2D eigenvalue weighted by Gasteiger charge is 2.78. The lowest BCUT2D eigenvalue weighted by Crippen LogP contribution is -2.56. The molecule has 2 amide bonds. The van der Waals surface area contributed by atoms with Crippen molar-refractivity contribution in [1.82, 2.24) is 4.90 Å². The fourth-order valence-corrected chi connectivity index (χ4v) is 6.56. The summed E-state index contributed by atoms with van der Waals surface area (Å²) in [7, 11) is 0. The minimum absolute atomic E-state index is 0.107. The molecule has 5 atom stereocenters. The Morgan fingerprint density at radius 1 is 1.26 bits per heavy atom. The van der Waals surface area contributed by atoms with Crippen LogP contribution in [0.5, 0.6) is 0 Å². The van der Waals surface area contributed by atoms with Gasteiger partial charge in [0.1, 0.15) is 11.6 Å². The van der Waals surface area contributed by atoms with E-state index in [4.69, 9.17) is 21.4 Å². The Hall–Kier alpha value is -2.42. The maximum atomic E-state index is 14.3. The van der Waals surface area contributed by atoms with Crippen LogP contribution in [0.3, 0.4) is 0 Å². The van der Waals surface area contributed by atoms with E-state index in [2.05, 4.69) is 6.58 Å². The van der Waals surface area contributed by atoms with E-state index in [-0.39, 0.29) is 25.0 Å². The molecule has 1 aromatic rings. The summed E-state index contributed by atoms with van der Waals surface area (Å²) in [5.41, 5.74) is -1.69. The standard InChI is InChI=1S/C26H33ClN2O6/c1-3-14-28(18-11-7-6-10-17(18)27)23(32)21-26-13-12-25(2,35-26)20(24(33)34)19(26)22(31)29(21)15-8-4-5-9-16-30/h3,6-7,10-11,19-21,30H,1,4-5,8-9,12-16H2,2H3,(H,33,34)/t19-,20-,21?,25+,26?/m0/s1. The average Bonchev–Trinajstić information content (AvgIpc) is 3.38. The summed E-state index contributed by atoms with van der Waals surface area (Å²) < 4.78 is 6.44. The van der Waals surface area contributed by atoms with E-state index >= 15 is 0 Å². The minimum Gasteiger partial charge on any atom is -0.481 e. The molecule has 2 N–H and O–H groups in total. The summed E-state index contributed by atoms with van der Waals surface area (Å²) >= 11 is 6.44. The third-order valence-electron chi connectivity index (χ3n) is 7.80. The Morgan fingerprint density at radius 3 is 2.63 bits per heavy atom. The first-order chi connectivity index (χ1) is 16.7. The van der Waals surface area contributed by atoms with Crippen molar-refractivity contribution in [3.8, 4) is 0 Å². The Bertz CT molecular complexity index is 1020. The number of carboxylic acid groups (broad SMARTS) is 1.